The molecule has 0 aliphatic rings. The lowest BCUT2D eigenvalue weighted by Crippen LogP contribution is -2.20. The first kappa shape index (κ1) is 29.7. The molecule has 0 N–H and O–H groups in total. The van der Waals surface area contributed by atoms with E-state index in [0.29, 0.717) is 35.5 Å². The molecule has 0 fully saturated rings. The fraction of sp³-hybridized carbons (Fsp3) is 0.500. The lowest BCUT2D eigenvalue weighted by atomic mass is 9.97. The summed E-state index contributed by atoms with van der Waals surface area (Å²) in [6.07, 6.45) is 0. The molecule has 0 radical (unpaired) electrons. The Bertz CT molecular complexity index is 916. The van der Waals surface area contributed by atoms with E-state index in [4.69, 9.17) is 0 Å². The van der Waals surface area contributed by atoms with Gasteiger partial charge in [-0.15, -0.1) is 0 Å². The molecule has 0 nitrogen and oxygen atoms in total. The highest BCUT2D eigenvalue weighted by atomic mass is 27.2. The molecule has 3 aromatic rings. The maximum Gasteiger partial charge on any atom is 0.263 e. The van der Waals surface area contributed by atoms with Crippen LogP contribution in [0.2, 0.25) is 15.8 Å². The summed E-state index contributed by atoms with van der Waals surface area (Å²) in [6.45, 7) is 21.1. The van der Waals surface area contributed by atoms with Crippen molar-refractivity contribution in [2.24, 2.45) is 0 Å². The average Bonchev–Trinajstić information content (AvgIpc) is 2.88. The van der Waals surface area contributed by atoms with Crippen LogP contribution in [0, 0.1) is 0 Å². The smallest absolute Gasteiger partial charge is 0.0872 e. The van der Waals surface area contributed by atoms with Gasteiger partial charge in [-0.3, -0.25) is 0 Å². The number of hydrogen-bond donors (Lipinski definition) is 0. The maximum atomic E-state index is 2.47. The Morgan fingerprint density at radius 3 is 0.730 bits per heavy atom. The van der Waals surface area contributed by atoms with Crippen LogP contribution in [0.25, 0.3) is 0 Å². The van der Waals surface area contributed by atoms with E-state index in [-0.39, 0.29) is 0 Å². The highest BCUT2D eigenvalue weighted by molar-refractivity contribution is 6.59. The molecular weight excluding hydrogens is 459 g/mol. The van der Waals surface area contributed by atoms with Crippen molar-refractivity contribution in [3.8, 4) is 0 Å². The van der Waals surface area contributed by atoms with E-state index in [1.165, 1.54) is 49.2 Å². The Balaban J connectivity index is 1.77. The van der Waals surface area contributed by atoms with Gasteiger partial charge in [-0.05, 0) is 68.9 Å². The van der Waals surface area contributed by atoms with Gasteiger partial charge in [-0.25, -0.2) is 0 Å². The van der Waals surface area contributed by atoms with Gasteiger partial charge < -0.3 is 0 Å². The third kappa shape index (κ3) is 8.60. The second kappa shape index (κ2) is 13.8. The highest BCUT2D eigenvalue weighted by Gasteiger charge is 2.26. The topological polar surface area (TPSA) is 0 Å². The largest absolute Gasteiger partial charge is 0.263 e. The van der Waals surface area contributed by atoms with Crippen LogP contribution in [0.15, 0.2) is 72.8 Å². The summed E-state index contributed by atoms with van der Waals surface area (Å²) in [7, 11) is 0. The Morgan fingerprint density at radius 1 is 0.351 bits per heavy atom. The molecule has 1 heteroatoms. The number of rotatable bonds is 12. The van der Waals surface area contributed by atoms with E-state index >= 15 is 0 Å². The molecule has 3 unspecified atom stereocenters. The zero-order chi connectivity index (χ0) is 27.1. The van der Waals surface area contributed by atoms with Crippen molar-refractivity contribution < 1.29 is 0 Å². The molecule has 0 heterocycles. The molecule has 0 aliphatic carbocycles. The van der Waals surface area contributed by atoms with Crippen LogP contribution in [0.4, 0.5) is 0 Å². The number of hydrogen-bond acceptors (Lipinski definition) is 0. The molecule has 0 saturated heterocycles. The summed E-state index contributed by atoms with van der Waals surface area (Å²) >= 11 is -1.01. The molecule has 0 spiro atoms. The first-order chi connectivity index (χ1) is 17.5. The van der Waals surface area contributed by atoms with Crippen LogP contribution in [0.3, 0.4) is 0 Å². The Labute approximate surface area is 233 Å². The van der Waals surface area contributed by atoms with Crippen LogP contribution in [-0.2, 0) is 0 Å². The van der Waals surface area contributed by atoms with Crippen molar-refractivity contribution in [1.29, 1.82) is 0 Å². The molecule has 0 aliphatic heterocycles. The normalized spacial score (nSPS) is 14.3. The van der Waals surface area contributed by atoms with Crippen molar-refractivity contribution in [2.45, 2.75) is 114 Å². The van der Waals surface area contributed by atoms with Gasteiger partial charge in [0.25, 0.3) is 14.1 Å². The van der Waals surface area contributed by atoms with Crippen LogP contribution >= 0.6 is 0 Å². The molecule has 0 amide bonds. The van der Waals surface area contributed by atoms with E-state index in [1.54, 1.807) is 0 Å². The number of benzene rings is 3. The zero-order valence-electron chi connectivity index (χ0n) is 25.1. The van der Waals surface area contributed by atoms with Gasteiger partial charge in [-0.1, -0.05) is 151 Å². The van der Waals surface area contributed by atoms with Gasteiger partial charge in [0.2, 0.25) is 0 Å². The van der Waals surface area contributed by atoms with Gasteiger partial charge in [0.05, 0.1) is 0 Å². The summed E-state index contributed by atoms with van der Waals surface area (Å²) in [4.78, 5) is 0. The van der Waals surface area contributed by atoms with Gasteiger partial charge in [0.1, 0.15) is 0 Å². The monoisotopic (exact) mass is 510 g/mol. The Kier molecular flexibility index (Phi) is 11.1. The summed E-state index contributed by atoms with van der Waals surface area (Å²) in [5.74, 6) is 3.67. The minimum absolute atomic E-state index is 0.595. The van der Waals surface area contributed by atoms with Gasteiger partial charge in [-0.2, -0.15) is 0 Å². The van der Waals surface area contributed by atoms with Crippen LogP contribution in [0.5, 0.6) is 0 Å². The standard InChI is InChI=1S/3C12H17.Al/c3*1-9(2)11-5-7-12(8-6-11)10(3)4;/h3*5-10H,1H2,2-4H3;. The molecule has 3 atom stereocenters. The van der Waals surface area contributed by atoms with Crippen molar-refractivity contribution in [3.63, 3.8) is 0 Å². The summed E-state index contributed by atoms with van der Waals surface area (Å²) < 4.78 is 0. The summed E-state index contributed by atoms with van der Waals surface area (Å²) in [5.41, 5.74) is 8.89. The van der Waals surface area contributed by atoms with Crippen molar-refractivity contribution in [1.82, 2.24) is 0 Å². The molecular formula is C36H51Al. The molecule has 3 aromatic carbocycles. The fourth-order valence-corrected chi connectivity index (χ4v) is 10.2. The second-order valence-electron chi connectivity index (χ2n) is 12.7. The highest BCUT2D eigenvalue weighted by Crippen LogP contribution is 2.34. The van der Waals surface area contributed by atoms with Crippen LogP contribution in [0.1, 0.15) is 131 Å². The fourth-order valence-electron chi connectivity index (χ4n) is 5.83. The van der Waals surface area contributed by atoms with Crippen LogP contribution in [-0.4, -0.2) is 14.1 Å². The molecule has 0 aromatic heterocycles. The van der Waals surface area contributed by atoms with Gasteiger partial charge in [0.15, 0.2) is 0 Å². The van der Waals surface area contributed by atoms with Crippen molar-refractivity contribution in [2.75, 3.05) is 0 Å². The molecule has 0 bridgehead atoms. The predicted molar refractivity (Wildman–Crippen MR) is 167 cm³/mol. The van der Waals surface area contributed by atoms with Gasteiger partial charge in [0, 0.05) is 0 Å². The van der Waals surface area contributed by atoms with Gasteiger partial charge >= 0.3 is 0 Å². The van der Waals surface area contributed by atoms with Crippen molar-refractivity contribution in [3.05, 3.63) is 106 Å². The predicted octanol–water partition coefficient (Wildman–Crippen LogP) is 11.3. The first-order valence-electron chi connectivity index (χ1n) is 14.8. The minimum atomic E-state index is -1.01. The van der Waals surface area contributed by atoms with E-state index in [0.717, 1.165) is 0 Å². The van der Waals surface area contributed by atoms with Crippen molar-refractivity contribution >= 4 is 14.1 Å². The van der Waals surface area contributed by atoms with Crippen LogP contribution < -0.4 is 0 Å². The quantitative estimate of drug-likeness (QED) is 0.213. The average molecular weight is 511 g/mol. The van der Waals surface area contributed by atoms with E-state index in [9.17, 15) is 0 Å². The first-order valence-corrected chi connectivity index (χ1v) is 17.3. The SMILES string of the molecule is CC(C)c1ccc(C(C)[CH2][Al]([CH2]C(C)c2ccc(C(C)C)cc2)[CH2]C(C)c2ccc(C(C)C)cc2)cc1. The zero-order valence-corrected chi connectivity index (χ0v) is 26.2. The van der Waals surface area contributed by atoms with E-state index in [2.05, 4.69) is 135 Å². The minimum Gasteiger partial charge on any atom is -0.0872 e. The molecule has 0 saturated carbocycles. The summed E-state index contributed by atoms with van der Waals surface area (Å²) in [6, 6.07) is 28.5. The lowest BCUT2D eigenvalue weighted by molar-refractivity contribution is 0.773. The molecule has 3 rings (SSSR count). The van der Waals surface area contributed by atoms with E-state index in [1.807, 2.05) is 0 Å². The third-order valence-electron chi connectivity index (χ3n) is 8.58. The second-order valence-corrected chi connectivity index (χ2v) is 15.9. The Morgan fingerprint density at radius 2 is 0.541 bits per heavy atom. The molecule has 198 valence electrons. The summed E-state index contributed by atoms with van der Waals surface area (Å²) in [5, 5.41) is 4.14. The molecule has 37 heavy (non-hydrogen) atoms. The third-order valence-corrected chi connectivity index (χ3v) is 12.7. The lowest BCUT2D eigenvalue weighted by Gasteiger charge is -2.24. The van der Waals surface area contributed by atoms with E-state index < -0.39 is 14.1 Å². The Hall–Kier alpha value is -1.81. The maximum absolute atomic E-state index is 2.47.